The average Bonchev–Trinajstić information content (AvgIpc) is 2.80. The molecule has 0 bridgehead atoms. The smallest absolute Gasteiger partial charge is 0.170 e. The zero-order valence-corrected chi connectivity index (χ0v) is 10.5. The van der Waals surface area contributed by atoms with Gasteiger partial charge in [-0.3, -0.25) is 4.79 Å². The fourth-order valence-corrected chi connectivity index (χ4v) is 2.79. The number of carbonyl (C=O) groups excluding carboxylic acids is 1. The van der Waals surface area contributed by atoms with Crippen LogP contribution in [0, 0.1) is 0 Å². The lowest BCUT2D eigenvalue weighted by atomic mass is 10.0. The second-order valence-electron chi connectivity index (χ2n) is 4.86. The van der Waals surface area contributed by atoms with Crippen LogP contribution in [0.3, 0.4) is 0 Å². The van der Waals surface area contributed by atoms with Gasteiger partial charge in [0.2, 0.25) is 0 Å². The number of imidazole rings is 1. The number of hydrogen-bond acceptors (Lipinski definition) is 2. The molecule has 3 nitrogen and oxygen atoms in total. The highest BCUT2D eigenvalue weighted by molar-refractivity contribution is 5.76. The summed E-state index contributed by atoms with van der Waals surface area (Å²) in [5.41, 5.74) is 2.80. The summed E-state index contributed by atoms with van der Waals surface area (Å²) in [5.74, 6) is 0.930. The maximum absolute atomic E-state index is 11.2. The Morgan fingerprint density at radius 3 is 2.83 bits per heavy atom. The van der Waals surface area contributed by atoms with Crippen molar-refractivity contribution in [2.24, 2.45) is 0 Å². The maximum Gasteiger partial charge on any atom is 0.170 e. The molecule has 0 aliphatic carbocycles. The Bertz CT molecular complexity index is 572. The molecule has 92 valence electrons. The number of rotatable bonds is 2. The maximum atomic E-state index is 11.2. The third-order valence-electron chi connectivity index (χ3n) is 3.66. The average molecular weight is 240 g/mol. The lowest BCUT2D eigenvalue weighted by Gasteiger charge is -2.24. The van der Waals surface area contributed by atoms with Gasteiger partial charge in [0.05, 0.1) is 0 Å². The molecule has 3 heteroatoms. The molecule has 1 unspecified atom stereocenters. The molecule has 0 saturated heterocycles. The van der Waals surface area contributed by atoms with E-state index in [2.05, 4.69) is 16.5 Å². The first-order valence-electron chi connectivity index (χ1n) is 6.43. The lowest BCUT2D eigenvalue weighted by Crippen LogP contribution is -2.16. The van der Waals surface area contributed by atoms with Gasteiger partial charge in [-0.1, -0.05) is 30.3 Å². The second-order valence-corrected chi connectivity index (χ2v) is 4.86. The van der Waals surface area contributed by atoms with Crippen LogP contribution in [0.5, 0.6) is 0 Å². The summed E-state index contributed by atoms with van der Waals surface area (Å²) in [4.78, 5) is 15.7. The fourth-order valence-electron chi connectivity index (χ4n) is 2.79. The summed E-state index contributed by atoms with van der Waals surface area (Å²) in [5, 5.41) is 0. The van der Waals surface area contributed by atoms with Crippen LogP contribution in [-0.2, 0) is 6.42 Å². The Labute approximate surface area is 106 Å². The van der Waals surface area contributed by atoms with Crippen LogP contribution in [0.1, 0.15) is 42.0 Å². The molecule has 1 aliphatic heterocycles. The zero-order chi connectivity index (χ0) is 12.5. The molecule has 0 spiro atoms. The van der Waals surface area contributed by atoms with Crippen LogP contribution < -0.4 is 0 Å². The fraction of sp³-hybridized carbons (Fsp3) is 0.333. The van der Waals surface area contributed by atoms with E-state index < -0.39 is 0 Å². The lowest BCUT2D eigenvalue weighted by molar-refractivity contribution is 0.111. The molecule has 2 heterocycles. The molecular weight excluding hydrogens is 224 g/mol. The summed E-state index contributed by atoms with van der Waals surface area (Å²) in [6.45, 7) is 2.20. The third-order valence-corrected chi connectivity index (χ3v) is 3.66. The van der Waals surface area contributed by atoms with Crippen molar-refractivity contribution in [2.75, 3.05) is 0 Å². The highest BCUT2D eigenvalue weighted by Gasteiger charge is 2.24. The molecule has 0 fully saturated rings. The molecule has 18 heavy (non-hydrogen) atoms. The van der Waals surface area contributed by atoms with E-state index in [1.807, 2.05) is 30.3 Å². The van der Waals surface area contributed by atoms with Gasteiger partial charge in [-0.15, -0.1) is 0 Å². The van der Waals surface area contributed by atoms with Gasteiger partial charge in [0.1, 0.15) is 11.5 Å². The van der Waals surface area contributed by atoms with E-state index in [-0.39, 0.29) is 0 Å². The zero-order valence-electron chi connectivity index (χ0n) is 10.5. The Balaban J connectivity index is 2.21. The highest BCUT2D eigenvalue weighted by atomic mass is 16.1. The van der Waals surface area contributed by atoms with Crippen LogP contribution in [0.4, 0.5) is 0 Å². The molecule has 0 N–H and O–H groups in total. The quantitative estimate of drug-likeness (QED) is 0.755. The number of aldehydes is 1. The Morgan fingerprint density at radius 1 is 1.33 bits per heavy atom. The molecule has 0 radical (unpaired) electrons. The summed E-state index contributed by atoms with van der Waals surface area (Å²) >= 11 is 0. The van der Waals surface area contributed by atoms with E-state index in [9.17, 15) is 4.79 Å². The van der Waals surface area contributed by atoms with Crippen LogP contribution >= 0.6 is 0 Å². The van der Waals surface area contributed by atoms with Crippen LogP contribution in [0.15, 0.2) is 30.3 Å². The number of aromatic nitrogens is 2. The molecule has 1 aromatic heterocycles. The van der Waals surface area contributed by atoms with Crippen molar-refractivity contribution >= 4 is 6.29 Å². The van der Waals surface area contributed by atoms with Crippen molar-refractivity contribution in [3.63, 3.8) is 0 Å². The number of benzene rings is 1. The van der Waals surface area contributed by atoms with Gasteiger partial charge in [-0.05, 0) is 26.2 Å². The first kappa shape index (κ1) is 11.2. The Kier molecular flexibility index (Phi) is 2.74. The van der Waals surface area contributed by atoms with E-state index in [0.717, 1.165) is 42.6 Å². The molecule has 1 atom stereocenters. The van der Waals surface area contributed by atoms with E-state index in [1.165, 1.54) is 0 Å². The van der Waals surface area contributed by atoms with Crippen molar-refractivity contribution in [1.29, 1.82) is 0 Å². The number of nitrogens with zero attached hydrogens (tertiary/aromatic N) is 2. The van der Waals surface area contributed by atoms with Crippen molar-refractivity contribution < 1.29 is 4.79 Å². The van der Waals surface area contributed by atoms with Crippen molar-refractivity contribution in [2.45, 2.75) is 32.2 Å². The molecule has 2 aromatic rings. The van der Waals surface area contributed by atoms with Gasteiger partial charge in [-0.2, -0.15) is 0 Å². The molecule has 3 rings (SSSR count). The van der Waals surface area contributed by atoms with Crippen molar-refractivity contribution in [3.05, 3.63) is 41.7 Å². The summed E-state index contributed by atoms with van der Waals surface area (Å²) in [6.07, 6.45) is 4.14. The molecule has 1 aromatic carbocycles. The predicted molar refractivity (Wildman–Crippen MR) is 70.7 cm³/mol. The van der Waals surface area contributed by atoms with Crippen LogP contribution in [0.2, 0.25) is 0 Å². The van der Waals surface area contributed by atoms with Crippen LogP contribution in [0.25, 0.3) is 11.4 Å². The third kappa shape index (κ3) is 1.67. The van der Waals surface area contributed by atoms with Gasteiger partial charge in [0, 0.05) is 17.3 Å². The molecule has 1 aliphatic rings. The number of fused-ring (bicyclic) bond motifs is 1. The topological polar surface area (TPSA) is 34.9 Å². The van der Waals surface area contributed by atoms with Gasteiger partial charge in [0.25, 0.3) is 0 Å². The van der Waals surface area contributed by atoms with E-state index in [4.69, 9.17) is 0 Å². The van der Waals surface area contributed by atoms with Gasteiger partial charge in [0.15, 0.2) is 6.29 Å². The van der Waals surface area contributed by atoms with Gasteiger partial charge >= 0.3 is 0 Å². The SMILES string of the molecule is CC1CCCc2c(C=O)nc(-c3ccccc3)n21. The second kappa shape index (κ2) is 4.41. The minimum atomic E-state index is 0.421. The first-order chi connectivity index (χ1) is 8.81. The first-order valence-corrected chi connectivity index (χ1v) is 6.43. The molecule has 0 amide bonds. The van der Waals surface area contributed by atoms with Crippen molar-refractivity contribution in [3.8, 4) is 11.4 Å². The minimum absolute atomic E-state index is 0.421. The number of hydrogen-bond donors (Lipinski definition) is 0. The van der Waals surface area contributed by atoms with Crippen LogP contribution in [-0.4, -0.2) is 15.8 Å². The van der Waals surface area contributed by atoms with E-state index >= 15 is 0 Å². The Hall–Kier alpha value is -1.90. The monoisotopic (exact) mass is 240 g/mol. The Morgan fingerprint density at radius 2 is 2.11 bits per heavy atom. The normalized spacial score (nSPS) is 18.4. The molecule has 0 saturated carbocycles. The summed E-state index contributed by atoms with van der Waals surface area (Å²) in [7, 11) is 0. The summed E-state index contributed by atoms with van der Waals surface area (Å²) in [6, 6.07) is 10.5. The highest BCUT2D eigenvalue weighted by Crippen LogP contribution is 2.32. The van der Waals surface area contributed by atoms with E-state index in [0.29, 0.717) is 11.7 Å². The molecular formula is C15H16N2O. The minimum Gasteiger partial charge on any atom is -0.325 e. The largest absolute Gasteiger partial charge is 0.325 e. The van der Waals surface area contributed by atoms with Gasteiger partial charge in [-0.25, -0.2) is 4.98 Å². The van der Waals surface area contributed by atoms with Gasteiger partial charge < -0.3 is 4.57 Å². The predicted octanol–water partition coefficient (Wildman–Crippen LogP) is 3.26. The summed E-state index contributed by atoms with van der Waals surface area (Å²) < 4.78 is 2.24. The van der Waals surface area contributed by atoms with E-state index in [1.54, 1.807) is 0 Å². The standard InChI is InChI=1S/C15H16N2O/c1-11-6-5-9-14-13(10-18)16-15(17(11)14)12-7-3-2-4-8-12/h2-4,7-8,10-11H,5-6,9H2,1H3. The van der Waals surface area contributed by atoms with Crippen molar-refractivity contribution in [1.82, 2.24) is 9.55 Å². The number of carbonyl (C=O) groups is 1.